The van der Waals surface area contributed by atoms with Crippen molar-refractivity contribution in [1.82, 2.24) is 0 Å². The van der Waals surface area contributed by atoms with E-state index in [1.165, 1.54) is 5.56 Å². The minimum atomic E-state index is -0.526. The molecule has 0 bridgehead atoms. The van der Waals surface area contributed by atoms with Crippen molar-refractivity contribution >= 4 is 11.7 Å². The first kappa shape index (κ1) is 24.9. The second-order valence-electron chi connectivity index (χ2n) is 8.26. The highest BCUT2D eigenvalue weighted by atomic mass is 16.6. The zero-order valence-electron chi connectivity index (χ0n) is 20.1. The van der Waals surface area contributed by atoms with Crippen molar-refractivity contribution in [2.45, 2.75) is 52.1 Å². The molecule has 0 radical (unpaired) electrons. The Morgan fingerprint density at radius 1 is 1.06 bits per heavy atom. The summed E-state index contributed by atoms with van der Waals surface area (Å²) in [6.07, 6.45) is 2.51. The van der Waals surface area contributed by atoms with Gasteiger partial charge in [-0.2, -0.15) is 0 Å². The number of ether oxygens (including phenoxy) is 4. The summed E-state index contributed by atoms with van der Waals surface area (Å²) in [5, 5.41) is 0. The fraction of sp³-hybridized carbons (Fsp3) is 0.519. The number of carbonyl (C=O) groups is 1. The molecule has 2 aromatic carbocycles. The van der Waals surface area contributed by atoms with Gasteiger partial charge in [0, 0.05) is 6.61 Å². The molecule has 1 aliphatic heterocycles. The Kier molecular flexibility index (Phi) is 9.88. The molecule has 2 aromatic rings. The molecule has 0 aliphatic carbocycles. The number of anilines is 1. The fourth-order valence-corrected chi connectivity index (χ4v) is 4.11. The van der Waals surface area contributed by atoms with Crippen molar-refractivity contribution in [3.05, 3.63) is 54.1 Å². The molecule has 0 spiro atoms. The van der Waals surface area contributed by atoms with E-state index in [4.69, 9.17) is 18.9 Å². The monoisotopic (exact) mass is 455 g/mol. The van der Waals surface area contributed by atoms with Gasteiger partial charge in [-0.05, 0) is 62.4 Å². The maximum absolute atomic E-state index is 11.7. The molecule has 0 saturated heterocycles. The van der Waals surface area contributed by atoms with Crippen LogP contribution in [0.4, 0.5) is 5.69 Å². The van der Waals surface area contributed by atoms with Gasteiger partial charge < -0.3 is 23.8 Å². The average molecular weight is 456 g/mol. The van der Waals surface area contributed by atoms with Gasteiger partial charge in [-0.1, -0.05) is 37.6 Å². The molecule has 0 saturated carbocycles. The normalized spacial score (nSPS) is 14.7. The Morgan fingerprint density at radius 3 is 2.61 bits per heavy atom. The van der Waals surface area contributed by atoms with Crippen molar-refractivity contribution in [3.63, 3.8) is 0 Å². The van der Waals surface area contributed by atoms with E-state index in [-0.39, 0.29) is 5.97 Å². The standard InChI is InChI=1S/C27H37NO5/c1-4-8-22(15-18-31-21(3)27(29)30-5-2)23-11-13-24(14-12-23)32-19-16-28-17-20-33-26-10-7-6-9-25(26)28/h6-7,9-14,21-22H,4-5,8,15-20H2,1-3H3. The maximum atomic E-state index is 11.7. The number of hydrogen-bond donors (Lipinski definition) is 0. The number of esters is 1. The molecule has 1 heterocycles. The highest BCUT2D eigenvalue weighted by molar-refractivity contribution is 5.74. The Morgan fingerprint density at radius 2 is 1.85 bits per heavy atom. The van der Waals surface area contributed by atoms with Crippen LogP contribution in [-0.4, -0.2) is 51.6 Å². The predicted molar refractivity (Wildman–Crippen MR) is 130 cm³/mol. The number of hydrogen-bond acceptors (Lipinski definition) is 6. The summed E-state index contributed by atoms with van der Waals surface area (Å²) < 4.78 is 22.5. The molecule has 3 rings (SSSR count). The SMILES string of the molecule is CCCC(CCOC(C)C(=O)OCC)c1ccc(OCCN2CCOc3ccccc32)cc1. The van der Waals surface area contributed by atoms with Gasteiger partial charge in [0.25, 0.3) is 0 Å². The topological polar surface area (TPSA) is 57.2 Å². The molecule has 1 aliphatic rings. The number of para-hydroxylation sites is 2. The van der Waals surface area contributed by atoms with Gasteiger partial charge in [0.05, 0.1) is 25.4 Å². The third-order valence-electron chi connectivity index (χ3n) is 5.90. The molecule has 0 fully saturated rings. The second kappa shape index (κ2) is 13.1. The fourth-order valence-electron chi connectivity index (χ4n) is 4.11. The van der Waals surface area contributed by atoms with Crippen LogP contribution in [-0.2, 0) is 14.3 Å². The third-order valence-corrected chi connectivity index (χ3v) is 5.90. The number of rotatable bonds is 13. The molecule has 0 amide bonds. The first-order valence-electron chi connectivity index (χ1n) is 12.1. The summed E-state index contributed by atoms with van der Waals surface area (Å²) in [7, 11) is 0. The van der Waals surface area contributed by atoms with Crippen LogP contribution in [0, 0.1) is 0 Å². The highest BCUT2D eigenvalue weighted by Gasteiger charge is 2.18. The van der Waals surface area contributed by atoms with Crippen molar-refractivity contribution in [2.75, 3.05) is 44.4 Å². The lowest BCUT2D eigenvalue weighted by molar-refractivity contribution is -0.155. The van der Waals surface area contributed by atoms with Crippen molar-refractivity contribution in [1.29, 1.82) is 0 Å². The van der Waals surface area contributed by atoms with E-state index in [0.29, 0.717) is 32.3 Å². The number of benzene rings is 2. The van der Waals surface area contributed by atoms with Crippen molar-refractivity contribution < 1.29 is 23.7 Å². The quantitative estimate of drug-likeness (QED) is 0.387. The van der Waals surface area contributed by atoms with Crippen LogP contribution in [0.2, 0.25) is 0 Å². The van der Waals surface area contributed by atoms with E-state index in [1.807, 2.05) is 30.3 Å². The van der Waals surface area contributed by atoms with Crippen LogP contribution in [0.25, 0.3) is 0 Å². The molecule has 2 unspecified atom stereocenters. The Labute approximate surface area is 197 Å². The Hall–Kier alpha value is -2.73. The molecule has 0 N–H and O–H groups in total. The van der Waals surface area contributed by atoms with Crippen molar-refractivity contribution in [3.8, 4) is 11.5 Å². The van der Waals surface area contributed by atoms with Gasteiger partial charge >= 0.3 is 5.97 Å². The largest absolute Gasteiger partial charge is 0.492 e. The van der Waals surface area contributed by atoms with Crippen LogP contribution < -0.4 is 14.4 Å². The van der Waals surface area contributed by atoms with Crippen LogP contribution in [0.1, 0.15) is 51.5 Å². The van der Waals surface area contributed by atoms with E-state index in [1.54, 1.807) is 13.8 Å². The van der Waals surface area contributed by atoms with Gasteiger partial charge in [-0.25, -0.2) is 4.79 Å². The minimum Gasteiger partial charge on any atom is -0.492 e. The van der Waals surface area contributed by atoms with Gasteiger partial charge in [0.2, 0.25) is 0 Å². The Bertz CT molecular complexity index is 854. The lowest BCUT2D eigenvalue weighted by atomic mass is 9.92. The number of nitrogens with zero attached hydrogens (tertiary/aromatic N) is 1. The van der Waals surface area contributed by atoms with Gasteiger partial charge in [-0.3, -0.25) is 0 Å². The van der Waals surface area contributed by atoms with Gasteiger partial charge in [0.1, 0.15) is 24.7 Å². The molecular weight excluding hydrogens is 418 g/mol. The van der Waals surface area contributed by atoms with Crippen LogP contribution >= 0.6 is 0 Å². The lowest BCUT2D eigenvalue weighted by Crippen LogP contribution is -2.35. The lowest BCUT2D eigenvalue weighted by Gasteiger charge is -2.31. The summed E-state index contributed by atoms with van der Waals surface area (Å²) in [6, 6.07) is 16.5. The summed E-state index contributed by atoms with van der Waals surface area (Å²) in [5.74, 6) is 1.91. The van der Waals surface area contributed by atoms with Crippen LogP contribution in [0.15, 0.2) is 48.5 Å². The van der Waals surface area contributed by atoms with Crippen molar-refractivity contribution in [2.24, 2.45) is 0 Å². The van der Waals surface area contributed by atoms with E-state index >= 15 is 0 Å². The molecule has 6 heteroatoms. The summed E-state index contributed by atoms with van der Waals surface area (Å²) in [5.41, 5.74) is 2.41. The summed E-state index contributed by atoms with van der Waals surface area (Å²) in [6.45, 7) is 9.65. The molecule has 33 heavy (non-hydrogen) atoms. The van der Waals surface area contributed by atoms with E-state index in [9.17, 15) is 4.79 Å². The minimum absolute atomic E-state index is 0.299. The number of carbonyl (C=O) groups excluding carboxylic acids is 1. The van der Waals surface area contributed by atoms with Gasteiger partial charge in [-0.15, -0.1) is 0 Å². The zero-order valence-corrected chi connectivity index (χ0v) is 20.1. The summed E-state index contributed by atoms with van der Waals surface area (Å²) in [4.78, 5) is 14.0. The molecule has 2 atom stereocenters. The molecule has 6 nitrogen and oxygen atoms in total. The van der Waals surface area contributed by atoms with Crippen LogP contribution in [0.3, 0.4) is 0 Å². The first-order valence-corrected chi connectivity index (χ1v) is 12.1. The van der Waals surface area contributed by atoms with E-state index in [2.05, 4.69) is 30.0 Å². The molecule has 0 aromatic heterocycles. The third kappa shape index (κ3) is 7.39. The molecular formula is C27H37NO5. The van der Waals surface area contributed by atoms with Gasteiger partial charge in [0.15, 0.2) is 6.10 Å². The van der Waals surface area contributed by atoms with Crippen LogP contribution in [0.5, 0.6) is 11.5 Å². The maximum Gasteiger partial charge on any atom is 0.334 e. The second-order valence-corrected chi connectivity index (χ2v) is 8.26. The number of fused-ring (bicyclic) bond motifs is 1. The molecule has 180 valence electrons. The Balaban J connectivity index is 1.47. The van der Waals surface area contributed by atoms with E-state index < -0.39 is 6.10 Å². The highest BCUT2D eigenvalue weighted by Crippen LogP contribution is 2.31. The summed E-state index contributed by atoms with van der Waals surface area (Å²) >= 11 is 0. The first-order chi connectivity index (χ1) is 16.1. The average Bonchev–Trinajstić information content (AvgIpc) is 2.84. The van der Waals surface area contributed by atoms with E-state index in [0.717, 1.165) is 49.5 Å². The zero-order chi connectivity index (χ0) is 23.5. The smallest absolute Gasteiger partial charge is 0.334 e. The predicted octanol–water partition coefficient (Wildman–Crippen LogP) is 5.21.